The molecule has 0 saturated carbocycles. The molecule has 26 heavy (non-hydrogen) atoms. The number of benzene rings is 2. The van der Waals surface area contributed by atoms with Crippen LogP contribution in [0.3, 0.4) is 0 Å². The summed E-state index contributed by atoms with van der Waals surface area (Å²) in [5.41, 5.74) is 3.34. The molecule has 6 heteroatoms. The highest BCUT2D eigenvalue weighted by Crippen LogP contribution is 2.15. The number of aliphatic imine (C=N–C) groups is 1. The number of nitrogens with one attached hydrogen (secondary N) is 2. The van der Waals surface area contributed by atoms with E-state index in [1.54, 1.807) is 0 Å². The fraction of sp³-hybridized carbons (Fsp3) is 0.200. The molecule has 0 aliphatic rings. The summed E-state index contributed by atoms with van der Waals surface area (Å²) in [6.45, 7) is 1.24. The van der Waals surface area contributed by atoms with Gasteiger partial charge in [-0.2, -0.15) is 0 Å². The van der Waals surface area contributed by atoms with Gasteiger partial charge in [0.15, 0.2) is 5.96 Å². The Morgan fingerprint density at radius 3 is 2.35 bits per heavy atom. The molecule has 0 fully saturated rings. The highest BCUT2D eigenvalue weighted by molar-refractivity contribution is 14.0. The first-order valence-corrected chi connectivity index (χ1v) is 8.31. The second-order valence-corrected chi connectivity index (χ2v) is 5.98. The first-order valence-electron chi connectivity index (χ1n) is 8.31. The van der Waals surface area contributed by atoms with Gasteiger partial charge in [-0.05, 0) is 11.1 Å². The van der Waals surface area contributed by atoms with E-state index in [4.69, 9.17) is 0 Å². The van der Waals surface area contributed by atoms with Gasteiger partial charge >= 0.3 is 0 Å². The molecule has 0 atom stereocenters. The lowest BCUT2D eigenvalue weighted by atomic mass is 10.2. The quantitative estimate of drug-likeness (QED) is 0.344. The van der Waals surface area contributed by atoms with Crippen molar-refractivity contribution in [2.75, 3.05) is 14.1 Å². The molecule has 0 spiro atoms. The molecule has 0 unspecified atom stereocenters. The summed E-state index contributed by atoms with van der Waals surface area (Å²) in [6.07, 6.45) is 1.86. The van der Waals surface area contributed by atoms with Crippen LogP contribution < -0.4 is 5.32 Å². The second-order valence-electron chi connectivity index (χ2n) is 5.98. The number of hydrogen-bond acceptors (Lipinski definition) is 2. The minimum Gasteiger partial charge on any atom is -0.349 e. The Balaban J connectivity index is 0.00000243. The van der Waals surface area contributed by atoms with Crippen LogP contribution in [0, 0.1) is 0 Å². The van der Waals surface area contributed by atoms with Gasteiger partial charge in [0.1, 0.15) is 5.82 Å². The van der Waals surface area contributed by atoms with Crippen molar-refractivity contribution in [1.29, 1.82) is 0 Å². The summed E-state index contributed by atoms with van der Waals surface area (Å²) >= 11 is 0. The van der Waals surface area contributed by atoms with E-state index in [1.807, 2.05) is 61.6 Å². The number of aromatic nitrogens is 2. The number of guanidine groups is 1. The fourth-order valence-electron chi connectivity index (χ4n) is 2.48. The van der Waals surface area contributed by atoms with Crippen molar-refractivity contribution < 1.29 is 0 Å². The molecular weight excluding hydrogens is 437 g/mol. The van der Waals surface area contributed by atoms with E-state index in [1.165, 1.54) is 5.56 Å². The normalized spacial score (nSPS) is 10.9. The molecule has 2 N–H and O–H groups in total. The number of nitrogens with zero attached hydrogens (tertiary/aromatic N) is 3. The average molecular weight is 461 g/mol. The molecule has 1 aromatic heterocycles. The van der Waals surface area contributed by atoms with E-state index in [0.717, 1.165) is 23.0 Å². The summed E-state index contributed by atoms with van der Waals surface area (Å²) in [7, 11) is 3.96. The third-order valence-electron chi connectivity index (χ3n) is 3.81. The molecular formula is C20H24IN5. The zero-order valence-corrected chi connectivity index (χ0v) is 17.3. The predicted octanol–water partition coefficient (Wildman–Crippen LogP) is 3.90. The minimum absolute atomic E-state index is 0. The molecule has 5 nitrogen and oxygen atoms in total. The van der Waals surface area contributed by atoms with Gasteiger partial charge in [0.25, 0.3) is 0 Å². The highest BCUT2D eigenvalue weighted by atomic mass is 127. The van der Waals surface area contributed by atoms with Crippen molar-refractivity contribution in [3.8, 4) is 11.3 Å². The summed E-state index contributed by atoms with van der Waals surface area (Å²) in [5, 5.41) is 3.35. The largest absolute Gasteiger partial charge is 0.349 e. The van der Waals surface area contributed by atoms with E-state index in [0.29, 0.717) is 13.1 Å². The molecule has 0 saturated heterocycles. The Morgan fingerprint density at radius 1 is 1.04 bits per heavy atom. The Morgan fingerprint density at radius 2 is 1.69 bits per heavy atom. The maximum Gasteiger partial charge on any atom is 0.194 e. The van der Waals surface area contributed by atoms with Crippen molar-refractivity contribution in [2.24, 2.45) is 4.99 Å². The average Bonchev–Trinajstić information content (AvgIpc) is 3.12. The van der Waals surface area contributed by atoms with Crippen LogP contribution in [0.2, 0.25) is 0 Å². The first-order chi connectivity index (χ1) is 12.2. The maximum atomic E-state index is 4.66. The Labute approximate surface area is 171 Å². The predicted molar refractivity (Wildman–Crippen MR) is 118 cm³/mol. The molecule has 3 rings (SSSR count). The molecule has 2 aromatic carbocycles. The lowest BCUT2D eigenvalue weighted by molar-refractivity contribution is 0.576. The van der Waals surface area contributed by atoms with Crippen LogP contribution in [0.25, 0.3) is 11.3 Å². The van der Waals surface area contributed by atoms with E-state index >= 15 is 0 Å². The first kappa shape index (κ1) is 20.0. The molecule has 0 aliphatic carbocycles. The molecule has 0 radical (unpaired) electrons. The van der Waals surface area contributed by atoms with Crippen molar-refractivity contribution in [3.05, 3.63) is 78.2 Å². The number of imidazole rings is 1. The van der Waals surface area contributed by atoms with Crippen molar-refractivity contribution in [2.45, 2.75) is 13.1 Å². The summed E-state index contributed by atoms with van der Waals surface area (Å²) in [4.78, 5) is 14.4. The van der Waals surface area contributed by atoms with E-state index in [2.05, 4.69) is 44.5 Å². The van der Waals surface area contributed by atoms with Crippen LogP contribution in [0.1, 0.15) is 11.4 Å². The topological polar surface area (TPSA) is 56.3 Å². The molecule has 0 amide bonds. The number of rotatable bonds is 5. The zero-order valence-electron chi connectivity index (χ0n) is 15.0. The van der Waals surface area contributed by atoms with Crippen LogP contribution in [0.15, 0.2) is 71.9 Å². The minimum atomic E-state index is 0. The lowest BCUT2D eigenvalue weighted by Crippen LogP contribution is -2.36. The Hall–Kier alpha value is -2.35. The highest BCUT2D eigenvalue weighted by Gasteiger charge is 2.06. The van der Waals surface area contributed by atoms with Gasteiger partial charge in [-0.1, -0.05) is 60.7 Å². The SMILES string of the molecule is CN(C)C(=NCc1ccccc1)NCc1ncc(-c2ccccc2)[nH]1.I. The number of halogens is 1. The lowest BCUT2D eigenvalue weighted by Gasteiger charge is -2.17. The molecule has 0 bridgehead atoms. The maximum absolute atomic E-state index is 4.66. The van der Waals surface area contributed by atoms with Gasteiger partial charge in [-0.25, -0.2) is 9.98 Å². The van der Waals surface area contributed by atoms with Gasteiger partial charge in [0, 0.05) is 14.1 Å². The van der Waals surface area contributed by atoms with Gasteiger partial charge < -0.3 is 15.2 Å². The molecule has 3 aromatic rings. The van der Waals surface area contributed by atoms with E-state index < -0.39 is 0 Å². The number of H-pyrrole nitrogens is 1. The van der Waals surface area contributed by atoms with Crippen LogP contribution in [-0.2, 0) is 13.1 Å². The Kier molecular flexibility index (Phi) is 7.65. The van der Waals surface area contributed by atoms with Crippen LogP contribution in [0.5, 0.6) is 0 Å². The number of hydrogen-bond donors (Lipinski definition) is 2. The molecule has 0 aliphatic heterocycles. The standard InChI is InChI=1S/C20H23N5.HI/c1-25(2)20(22-13-16-9-5-3-6-10-16)23-15-19-21-14-18(24-19)17-11-7-4-8-12-17;/h3-12,14H,13,15H2,1-2H3,(H,21,24)(H,22,23);1H. The fourth-order valence-corrected chi connectivity index (χ4v) is 2.48. The van der Waals surface area contributed by atoms with Crippen molar-refractivity contribution in [3.63, 3.8) is 0 Å². The van der Waals surface area contributed by atoms with Crippen LogP contribution in [0.4, 0.5) is 0 Å². The molecule has 136 valence electrons. The Bertz CT molecular complexity index is 812. The van der Waals surface area contributed by atoms with E-state index in [9.17, 15) is 0 Å². The van der Waals surface area contributed by atoms with E-state index in [-0.39, 0.29) is 24.0 Å². The zero-order chi connectivity index (χ0) is 17.5. The van der Waals surface area contributed by atoms with Crippen LogP contribution >= 0.6 is 24.0 Å². The summed E-state index contributed by atoms with van der Waals surface area (Å²) < 4.78 is 0. The summed E-state index contributed by atoms with van der Waals surface area (Å²) in [6, 6.07) is 20.4. The van der Waals surface area contributed by atoms with Crippen molar-refractivity contribution in [1.82, 2.24) is 20.2 Å². The van der Waals surface area contributed by atoms with Crippen molar-refractivity contribution >= 4 is 29.9 Å². The third kappa shape index (κ3) is 5.59. The molecule has 1 heterocycles. The van der Waals surface area contributed by atoms with Gasteiger partial charge in [-0.15, -0.1) is 24.0 Å². The summed E-state index contributed by atoms with van der Waals surface area (Å²) in [5.74, 6) is 1.72. The van der Waals surface area contributed by atoms with Gasteiger partial charge in [-0.3, -0.25) is 0 Å². The van der Waals surface area contributed by atoms with Gasteiger partial charge in [0.2, 0.25) is 0 Å². The smallest absolute Gasteiger partial charge is 0.194 e. The second kappa shape index (κ2) is 9.96. The third-order valence-corrected chi connectivity index (χ3v) is 3.81. The van der Waals surface area contributed by atoms with Crippen LogP contribution in [-0.4, -0.2) is 34.9 Å². The van der Waals surface area contributed by atoms with Gasteiger partial charge in [0.05, 0.1) is 25.0 Å². The monoisotopic (exact) mass is 461 g/mol. The number of aromatic amines is 1.